The van der Waals surface area contributed by atoms with Gasteiger partial charge >= 0.3 is 0 Å². The summed E-state index contributed by atoms with van der Waals surface area (Å²) in [5.74, 6) is 1.11. The van der Waals surface area contributed by atoms with Crippen LogP contribution in [0.15, 0.2) is 51.8 Å². The van der Waals surface area contributed by atoms with E-state index in [-0.39, 0.29) is 12.0 Å². The molecule has 1 aliphatic heterocycles. The third-order valence-electron chi connectivity index (χ3n) is 3.71. The zero-order chi connectivity index (χ0) is 19.6. The maximum atomic E-state index is 12.9. The van der Waals surface area contributed by atoms with Crippen molar-refractivity contribution in [1.82, 2.24) is 0 Å². The lowest BCUT2D eigenvalue weighted by Gasteiger charge is -2.16. The summed E-state index contributed by atoms with van der Waals surface area (Å²) >= 11 is 10.2. The molecule has 2 aromatic carbocycles. The van der Waals surface area contributed by atoms with E-state index in [1.54, 1.807) is 12.0 Å². The van der Waals surface area contributed by atoms with Gasteiger partial charge in [0.1, 0.15) is 0 Å². The summed E-state index contributed by atoms with van der Waals surface area (Å²) < 4.78 is 12.6. The Morgan fingerprint density at radius 2 is 1.93 bits per heavy atom. The Bertz CT molecular complexity index is 913. The van der Waals surface area contributed by atoms with Crippen molar-refractivity contribution in [2.75, 3.05) is 12.0 Å². The van der Waals surface area contributed by atoms with Crippen LogP contribution in [0.4, 0.5) is 5.69 Å². The van der Waals surface area contributed by atoms with E-state index in [2.05, 4.69) is 15.9 Å². The monoisotopic (exact) mass is 463 g/mol. The van der Waals surface area contributed by atoms with Crippen molar-refractivity contribution in [3.8, 4) is 11.5 Å². The molecule has 3 rings (SSSR count). The predicted molar refractivity (Wildman–Crippen MR) is 119 cm³/mol. The van der Waals surface area contributed by atoms with Crippen LogP contribution in [-0.4, -0.2) is 23.4 Å². The van der Waals surface area contributed by atoms with Crippen LogP contribution in [0.1, 0.15) is 19.4 Å². The van der Waals surface area contributed by atoms with E-state index >= 15 is 0 Å². The Labute approximate surface area is 176 Å². The third kappa shape index (κ3) is 4.36. The van der Waals surface area contributed by atoms with Crippen LogP contribution in [-0.2, 0) is 4.79 Å². The van der Waals surface area contributed by atoms with Gasteiger partial charge in [0.25, 0.3) is 5.91 Å². The van der Waals surface area contributed by atoms with Crippen molar-refractivity contribution >= 4 is 61.9 Å². The van der Waals surface area contributed by atoms with Crippen LogP contribution in [0, 0.1) is 0 Å². The van der Waals surface area contributed by atoms with Gasteiger partial charge < -0.3 is 9.47 Å². The number of para-hydroxylation sites is 1. The maximum absolute atomic E-state index is 12.9. The Balaban J connectivity index is 1.94. The van der Waals surface area contributed by atoms with Gasteiger partial charge in [-0.2, -0.15) is 0 Å². The Morgan fingerprint density at radius 3 is 2.56 bits per heavy atom. The van der Waals surface area contributed by atoms with Crippen LogP contribution < -0.4 is 14.4 Å². The molecule has 0 bridgehead atoms. The predicted octanol–water partition coefficient (Wildman–Crippen LogP) is 5.65. The first-order valence-corrected chi connectivity index (χ1v) is 10.3. The zero-order valence-electron chi connectivity index (χ0n) is 15.1. The van der Waals surface area contributed by atoms with Gasteiger partial charge in [0.05, 0.1) is 28.3 Å². The number of ether oxygens (including phenoxy) is 2. The van der Waals surface area contributed by atoms with Crippen molar-refractivity contribution in [2.24, 2.45) is 0 Å². The number of hydrogen-bond donors (Lipinski definition) is 0. The summed E-state index contributed by atoms with van der Waals surface area (Å²) in [6, 6.07) is 13.1. The number of halogens is 1. The molecule has 0 atom stereocenters. The van der Waals surface area contributed by atoms with Gasteiger partial charge in [0, 0.05) is 0 Å². The van der Waals surface area contributed by atoms with Crippen molar-refractivity contribution in [3.05, 3.63) is 57.4 Å². The molecule has 0 radical (unpaired) electrons. The van der Waals surface area contributed by atoms with E-state index in [0.29, 0.717) is 20.7 Å². The number of carbonyl (C=O) groups is 1. The van der Waals surface area contributed by atoms with Crippen molar-refractivity contribution < 1.29 is 14.3 Å². The summed E-state index contributed by atoms with van der Waals surface area (Å²) in [6.45, 7) is 3.91. The number of amides is 1. The lowest BCUT2D eigenvalue weighted by atomic mass is 10.1. The fourth-order valence-electron chi connectivity index (χ4n) is 2.59. The topological polar surface area (TPSA) is 38.8 Å². The summed E-state index contributed by atoms with van der Waals surface area (Å²) in [6.07, 6.45) is 1.83. The normalized spacial score (nSPS) is 15.7. The van der Waals surface area contributed by atoms with Crippen LogP contribution in [0.5, 0.6) is 11.5 Å². The summed E-state index contributed by atoms with van der Waals surface area (Å²) in [5, 5.41) is 0. The van der Waals surface area contributed by atoms with Gasteiger partial charge in [-0.05, 0) is 65.7 Å². The third-order valence-corrected chi connectivity index (χ3v) is 5.60. The van der Waals surface area contributed by atoms with Crippen molar-refractivity contribution in [1.29, 1.82) is 0 Å². The molecule has 1 fully saturated rings. The molecule has 0 unspecified atom stereocenters. The highest BCUT2D eigenvalue weighted by Crippen LogP contribution is 2.40. The van der Waals surface area contributed by atoms with Gasteiger partial charge in [-0.3, -0.25) is 9.69 Å². The minimum absolute atomic E-state index is 0.0168. The van der Waals surface area contributed by atoms with Crippen LogP contribution in [0.25, 0.3) is 6.08 Å². The summed E-state index contributed by atoms with van der Waals surface area (Å²) in [5.41, 5.74) is 1.59. The van der Waals surface area contributed by atoms with E-state index < -0.39 is 0 Å². The summed E-state index contributed by atoms with van der Waals surface area (Å²) in [7, 11) is 1.59. The summed E-state index contributed by atoms with van der Waals surface area (Å²) in [4.78, 5) is 15.0. The SMILES string of the molecule is COc1cc(/C=C2/SC(=S)N(c3ccccc3)C2=O)cc(Br)c1OC(C)C. The number of thiocarbonyl (C=S) groups is 1. The maximum Gasteiger partial charge on any atom is 0.270 e. The highest BCUT2D eigenvalue weighted by Gasteiger charge is 2.33. The highest BCUT2D eigenvalue weighted by atomic mass is 79.9. The molecule has 27 heavy (non-hydrogen) atoms. The quantitative estimate of drug-likeness (QED) is 0.422. The minimum atomic E-state index is -0.131. The number of anilines is 1. The van der Waals surface area contributed by atoms with E-state index in [0.717, 1.165) is 15.7 Å². The number of rotatable bonds is 5. The molecule has 7 heteroatoms. The number of benzene rings is 2. The highest BCUT2D eigenvalue weighted by molar-refractivity contribution is 9.10. The molecule has 2 aromatic rings. The molecule has 0 N–H and O–H groups in total. The van der Waals surface area contributed by atoms with Crippen molar-refractivity contribution in [2.45, 2.75) is 20.0 Å². The van der Waals surface area contributed by atoms with Gasteiger partial charge in [0.2, 0.25) is 0 Å². The van der Waals surface area contributed by atoms with Gasteiger partial charge in [-0.15, -0.1) is 0 Å². The number of methoxy groups -OCH3 is 1. The zero-order valence-corrected chi connectivity index (χ0v) is 18.3. The molecule has 0 spiro atoms. The molecule has 0 saturated carbocycles. The van der Waals surface area contributed by atoms with Crippen LogP contribution >= 0.6 is 39.9 Å². The molecule has 1 heterocycles. The largest absolute Gasteiger partial charge is 0.493 e. The first-order chi connectivity index (χ1) is 12.9. The fourth-order valence-corrected chi connectivity index (χ4v) is 4.44. The van der Waals surface area contributed by atoms with E-state index in [1.807, 2.05) is 62.4 Å². The Hall–Kier alpha value is -1.83. The average molecular weight is 464 g/mol. The number of hydrogen-bond acceptors (Lipinski definition) is 5. The van der Waals surface area contributed by atoms with Crippen molar-refractivity contribution in [3.63, 3.8) is 0 Å². The number of carbonyl (C=O) groups excluding carboxylic acids is 1. The molecule has 140 valence electrons. The first-order valence-electron chi connectivity index (χ1n) is 8.28. The fraction of sp³-hybridized carbons (Fsp3) is 0.200. The minimum Gasteiger partial charge on any atom is -0.493 e. The van der Waals surface area contributed by atoms with E-state index in [4.69, 9.17) is 21.7 Å². The average Bonchev–Trinajstić information content (AvgIpc) is 2.91. The van der Waals surface area contributed by atoms with Gasteiger partial charge in [-0.1, -0.05) is 42.2 Å². The molecule has 0 aliphatic carbocycles. The van der Waals surface area contributed by atoms with Gasteiger partial charge in [0.15, 0.2) is 15.8 Å². The van der Waals surface area contributed by atoms with Crippen LogP contribution in [0.3, 0.4) is 0 Å². The van der Waals surface area contributed by atoms with Gasteiger partial charge in [-0.25, -0.2) is 0 Å². The van der Waals surface area contributed by atoms with E-state index in [1.165, 1.54) is 11.8 Å². The second-order valence-electron chi connectivity index (χ2n) is 6.05. The van der Waals surface area contributed by atoms with Crippen LogP contribution in [0.2, 0.25) is 0 Å². The molecular formula is C20H18BrNO3S2. The molecule has 1 amide bonds. The molecule has 1 saturated heterocycles. The lowest BCUT2D eigenvalue weighted by Crippen LogP contribution is -2.27. The molecular weight excluding hydrogens is 446 g/mol. The smallest absolute Gasteiger partial charge is 0.270 e. The Morgan fingerprint density at radius 1 is 1.22 bits per heavy atom. The first kappa shape index (κ1) is 19.9. The lowest BCUT2D eigenvalue weighted by molar-refractivity contribution is -0.113. The number of nitrogens with zero attached hydrogens (tertiary/aromatic N) is 1. The molecule has 4 nitrogen and oxygen atoms in total. The number of thioether (sulfide) groups is 1. The molecule has 0 aromatic heterocycles. The molecule has 1 aliphatic rings. The van der Waals surface area contributed by atoms with E-state index in [9.17, 15) is 4.79 Å². The second kappa shape index (κ2) is 8.46. The second-order valence-corrected chi connectivity index (χ2v) is 8.58. The standard InChI is InChI=1S/C20H18BrNO3S2/c1-12(2)25-18-15(21)9-13(10-16(18)24-3)11-17-19(23)22(20(26)27-17)14-7-5-4-6-8-14/h4-12H,1-3H3/b17-11+. The Kier molecular flexibility index (Phi) is 6.24.